The molecule has 25 heavy (non-hydrogen) atoms. The fraction of sp³-hybridized carbons (Fsp3) is 0.150. The molecule has 0 aliphatic carbocycles. The third-order valence-corrected chi connectivity index (χ3v) is 4.48. The number of aryl methyl sites for hydroxylation is 2. The molecule has 0 fully saturated rings. The molecule has 0 atom stereocenters. The Morgan fingerprint density at radius 1 is 1.04 bits per heavy atom. The standard InChI is InChI=1S/C20H18N4O/c1-13-16(12-15-8-4-3-5-9-15)20(25)22-19-18(13)14(2)23-24(19)17-10-6-7-11-21-17/h3-11H,12H2,1-2H3,(H,22,25). The zero-order chi connectivity index (χ0) is 17.4. The lowest BCUT2D eigenvalue weighted by molar-refractivity contribution is 0.845. The number of hydrogen-bond acceptors (Lipinski definition) is 3. The quantitative estimate of drug-likeness (QED) is 0.627. The van der Waals surface area contributed by atoms with Crippen molar-refractivity contribution in [3.05, 3.63) is 87.5 Å². The summed E-state index contributed by atoms with van der Waals surface area (Å²) in [5.41, 5.74) is 4.36. The smallest absolute Gasteiger partial charge is 0.253 e. The highest BCUT2D eigenvalue weighted by Gasteiger charge is 2.17. The van der Waals surface area contributed by atoms with E-state index in [1.165, 1.54) is 0 Å². The minimum absolute atomic E-state index is 0.0778. The van der Waals surface area contributed by atoms with Crippen LogP contribution in [0, 0.1) is 13.8 Å². The highest BCUT2D eigenvalue weighted by molar-refractivity contribution is 5.84. The molecular weight excluding hydrogens is 312 g/mol. The van der Waals surface area contributed by atoms with E-state index in [0.29, 0.717) is 17.9 Å². The predicted octanol–water partition coefficient (Wildman–Crippen LogP) is 3.32. The van der Waals surface area contributed by atoms with E-state index >= 15 is 0 Å². The Kier molecular flexibility index (Phi) is 3.69. The van der Waals surface area contributed by atoms with Crippen LogP contribution >= 0.6 is 0 Å². The van der Waals surface area contributed by atoms with E-state index in [9.17, 15) is 4.79 Å². The average molecular weight is 330 g/mol. The third-order valence-electron chi connectivity index (χ3n) is 4.48. The van der Waals surface area contributed by atoms with E-state index in [4.69, 9.17) is 0 Å². The van der Waals surface area contributed by atoms with Gasteiger partial charge in [-0.1, -0.05) is 36.4 Å². The number of pyridine rings is 2. The first-order valence-corrected chi connectivity index (χ1v) is 8.21. The molecule has 3 heterocycles. The third kappa shape index (κ3) is 2.63. The van der Waals surface area contributed by atoms with Gasteiger partial charge in [0, 0.05) is 23.6 Å². The maximum Gasteiger partial charge on any atom is 0.253 e. The van der Waals surface area contributed by atoms with Crippen molar-refractivity contribution in [3.63, 3.8) is 0 Å². The second-order valence-corrected chi connectivity index (χ2v) is 6.13. The molecule has 5 heteroatoms. The molecule has 0 spiro atoms. The van der Waals surface area contributed by atoms with Gasteiger partial charge in [-0.05, 0) is 37.1 Å². The van der Waals surface area contributed by atoms with Crippen molar-refractivity contribution < 1.29 is 0 Å². The van der Waals surface area contributed by atoms with Crippen LogP contribution in [0.1, 0.15) is 22.4 Å². The van der Waals surface area contributed by atoms with E-state index in [1.54, 1.807) is 10.9 Å². The number of nitrogens with zero attached hydrogens (tertiary/aromatic N) is 3. The first-order valence-electron chi connectivity index (χ1n) is 8.21. The largest absolute Gasteiger partial charge is 0.306 e. The van der Waals surface area contributed by atoms with Crippen LogP contribution in [-0.2, 0) is 6.42 Å². The van der Waals surface area contributed by atoms with Crippen LogP contribution in [0.2, 0.25) is 0 Å². The van der Waals surface area contributed by atoms with E-state index < -0.39 is 0 Å². The summed E-state index contributed by atoms with van der Waals surface area (Å²) in [4.78, 5) is 20.1. The Morgan fingerprint density at radius 3 is 2.52 bits per heavy atom. The van der Waals surface area contributed by atoms with Crippen molar-refractivity contribution in [2.24, 2.45) is 0 Å². The van der Waals surface area contributed by atoms with Crippen LogP contribution in [0.4, 0.5) is 0 Å². The second-order valence-electron chi connectivity index (χ2n) is 6.13. The van der Waals surface area contributed by atoms with Crippen molar-refractivity contribution in [2.45, 2.75) is 20.3 Å². The summed E-state index contributed by atoms with van der Waals surface area (Å²) in [5.74, 6) is 0.687. The van der Waals surface area contributed by atoms with Gasteiger partial charge < -0.3 is 4.98 Å². The average Bonchev–Trinajstić information content (AvgIpc) is 2.96. The van der Waals surface area contributed by atoms with E-state index in [-0.39, 0.29) is 5.56 Å². The first kappa shape index (κ1) is 15.3. The normalized spacial score (nSPS) is 11.1. The van der Waals surface area contributed by atoms with Gasteiger partial charge in [-0.15, -0.1) is 0 Å². The van der Waals surface area contributed by atoms with Crippen LogP contribution in [0.5, 0.6) is 0 Å². The molecular formula is C20H18N4O. The molecule has 4 rings (SSSR count). The molecule has 0 aliphatic rings. The molecule has 4 aromatic rings. The fourth-order valence-electron chi connectivity index (χ4n) is 3.25. The maximum atomic E-state index is 12.7. The van der Waals surface area contributed by atoms with Gasteiger partial charge in [0.05, 0.1) is 5.69 Å². The monoisotopic (exact) mass is 330 g/mol. The highest BCUT2D eigenvalue weighted by atomic mass is 16.1. The van der Waals surface area contributed by atoms with Crippen LogP contribution in [0.25, 0.3) is 16.9 Å². The lowest BCUT2D eigenvalue weighted by atomic mass is 9.99. The van der Waals surface area contributed by atoms with Gasteiger partial charge in [0.1, 0.15) is 5.65 Å². The Morgan fingerprint density at radius 2 is 1.80 bits per heavy atom. The van der Waals surface area contributed by atoms with Crippen molar-refractivity contribution in [3.8, 4) is 5.82 Å². The van der Waals surface area contributed by atoms with Gasteiger partial charge in [-0.2, -0.15) is 9.78 Å². The predicted molar refractivity (Wildman–Crippen MR) is 98.2 cm³/mol. The van der Waals surface area contributed by atoms with Crippen LogP contribution in [0.15, 0.2) is 59.5 Å². The molecule has 3 aromatic heterocycles. The van der Waals surface area contributed by atoms with Crippen molar-refractivity contribution in [1.29, 1.82) is 0 Å². The van der Waals surface area contributed by atoms with Crippen LogP contribution in [0.3, 0.4) is 0 Å². The fourth-order valence-corrected chi connectivity index (χ4v) is 3.25. The van der Waals surface area contributed by atoms with Crippen LogP contribution < -0.4 is 5.56 Å². The van der Waals surface area contributed by atoms with E-state index in [2.05, 4.69) is 15.1 Å². The lowest BCUT2D eigenvalue weighted by Crippen LogP contribution is -2.16. The highest BCUT2D eigenvalue weighted by Crippen LogP contribution is 2.24. The SMILES string of the molecule is Cc1nn(-c2ccccn2)c2[nH]c(=O)c(Cc3ccccc3)c(C)c12. The molecule has 0 unspecified atom stereocenters. The number of benzene rings is 1. The second kappa shape index (κ2) is 6.02. The molecule has 0 bridgehead atoms. The first-order chi connectivity index (χ1) is 12.1. The summed E-state index contributed by atoms with van der Waals surface area (Å²) in [6, 6.07) is 15.7. The summed E-state index contributed by atoms with van der Waals surface area (Å²) >= 11 is 0. The Bertz CT molecular complexity index is 1100. The van der Waals surface area contributed by atoms with Gasteiger partial charge >= 0.3 is 0 Å². The Labute approximate surface area is 145 Å². The summed E-state index contributed by atoms with van der Waals surface area (Å²) < 4.78 is 1.70. The number of rotatable bonds is 3. The molecule has 5 nitrogen and oxygen atoms in total. The number of nitrogens with one attached hydrogen (secondary N) is 1. The number of fused-ring (bicyclic) bond motifs is 1. The van der Waals surface area contributed by atoms with E-state index in [0.717, 1.165) is 27.8 Å². The summed E-state index contributed by atoms with van der Waals surface area (Å²) in [6.07, 6.45) is 2.32. The lowest BCUT2D eigenvalue weighted by Gasteiger charge is -2.08. The van der Waals surface area contributed by atoms with Crippen LogP contribution in [-0.4, -0.2) is 19.7 Å². The minimum atomic E-state index is -0.0778. The molecule has 1 N–H and O–H groups in total. The number of aromatic amines is 1. The van der Waals surface area contributed by atoms with E-state index in [1.807, 2.05) is 62.4 Å². The summed E-state index contributed by atoms with van der Waals surface area (Å²) in [6.45, 7) is 3.95. The Balaban J connectivity index is 1.92. The molecule has 1 aromatic carbocycles. The van der Waals surface area contributed by atoms with Crippen molar-refractivity contribution in [2.75, 3.05) is 0 Å². The molecule has 124 valence electrons. The molecule has 0 saturated heterocycles. The maximum absolute atomic E-state index is 12.7. The van der Waals surface area contributed by atoms with Crippen molar-refractivity contribution >= 4 is 11.0 Å². The zero-order valence-electron chi connectivity index (χ0n) is 14.2. The number of H-pyrrole nitrogens is 1. The van der Waals surface area contributed by atoms with Gasteiger partial charge in [-0.25, -0.2) is 4.98 Å². The summed E-state index contributed by atoms with van der Waals surface area (Å²) in [7, 11) is 0. The zero-order valence-corrected chi connectivity index (χ0v) is 14.2. The van der Waals surface area contributed by atoms with Crippen molar-refractivity contribution in [1.82, 2.24) is 19.7 Å². The Hall–Kier alpha value is -3.21. The number of aromatic nitrogens is 4. The summed E-state index contributed by atoms with van der Waals surface area (Å²) in [5, 5.41) is 5.58. The molecule has 0 amide bonds. The van der Waals surface area contributed by atoms with Gasteiger partial charge in [0.2, 0.25) is 0 Å². The number of hydrogen-bond donors (Lipinski definition) is 1. The molecule has 0 aliphatic heterocycles. The molecule has 0 radical (unpaired) electrons. The van der Waals surface area contributed by atoms with Gasteiger partial charge in [-0.3, -0.25) is 4.79 Å². The topological polar surface area (TPSA) is 63.6 Å². The van der Waals surface area contributed by atoms with Gasteiger partial charge in [0.15, 0.2) is 5.82 Å². The molecule has 0 saturated carbocycles. The minimum Gasteiger partial charge on any atom is -0.306 e. The van der Waals surface area contributed by atoms with Gasteiger partial charge in [0.25, 0.3) is 5.56 Å².